The Kier molecular flexibility index (Phi) is 6.07. The van der Waals surface area contributed by atoms with Crippen LogP contribution in [0.5, 0.6) is 5.75 Å². The van der Waals surface area contributed by atoms with Crippen LogP contribution in [0.15, 0.2) is 30.3 Å². The summed E-state index contributed by atoms with van der Waals surface area (Å²) in [6.07, 6.45) is -6.06. The number of para-hydroxylation sites is 1. The van der Waals surface area contributed by atoms with Crippen molar-refractivity contribution in [3.05, 3.63) is 30.3 Å². The van der Waals surface area contributed by atoms with Gasteiger partial charge in [-0.15, -0.1) is 0 Å². The number of aliphatic hydroxyl groups is 3. The summed E-state index contributed by atoms with van der Waals surface area (Å²) in [7, 11) is 1.32. The summed E-state index contributed by atoms with van der Waals surface area (Å²) in [5.41, 5.74) is 0. The highest BCUT2D eigenvalue weighted by atomic mass is 32.1. The molecule has 0 aromatic heterocycles. The smallest absolute Gasteiger partial charge is 0.357 e. The molecule has 1 aliphatic rings. The van der Waals surface area contributed by atoms with Gasteiger partial charge in [0.1, 0.15) is 36.8 Å². The monoisotopic (exact) mass is 330 g/mol. The molecule has 7 nitrogen and oxygen atoms in total. The lowest BCUT2D eigenvalue weighted by molar-refractivity contribution is -0.293. The molecule has 0 spiro atoms. The zero-order valence-electron chi connectivity index (χ0n) is 11.9. The summed E-state index contributed by atoms with van der Waals surface area (Å²) in [5, 5.41) is 29.1. The van der Waals surface area contributed by atoms with Crippen LogP contribution in [0.25, 0.3) is 0 Å². The third-order valence-electron chi connectivity index (χ3n) is 3.21. The molecule has 8 heteroatoms. The van der Waals surface area contributed by atoms with Gasteiger partial charge in [-0.2, -0.15) is 0 Å². The van der Waals surface area contributed by atoms with Crippen molar-refractivity contribution in [2.24, 2.45) is 0 Å². The van der Waals surface area contributed by atoms with Gasteiger partial charge in [0.15, 0.2) is 6.29 Å². The summed E-state index contributed by atoms with van der Waals surface area (Å²) in [6.45, 7) is -0.156. The fourth-order valence-electron chi connectivity index (χ4n) is 2.01. The number of rotatable bonds is 4. The molecule has 1 aliphatic heterocycles. The van der Waals surface area contributed by atoms with Crippen LogP contribution < -0.4 is 4.74 Å². The number of aliphatic hydroxyl groups excluding tert-OH is 3. The van der Waals surface area contributed by atoms with Crippen LogP contribution in [0.4, 0.5) is 0 Å². The topological polar surface area (TPSA) is 97.6 Å². The SMILES string of the molecule is CO[C@@H]1O[C@H](COC(=S)Oc2ccccc2)[C@@H](O)[C@H](O)[C@H]1O. The van der Waals surface area contributed by atoms with Gasteiger partial charge in [0.25, 0.3) is 0 Å². The van der Waals surface area contributed by atoms with Gasteiger partial charge in [-0.25, -0.2) is 0 Å². The van der Waals surface area contributed by atoms with Gasteiger partial charge in [-0.3, -0.25) is 0 Å². The summed E-state index contributed by atoms with van der Waals surface area (Å²) >= 11 is 4.93. The second-order valence-electron chi connectivity index (χ2n) is 4.73. The molecule has 3 N–H and O–H groups in total. The highest BCUT2D eigenvalue weighted by molar-refractivity contribution is 7.79. The van der Waals surface area contributed by atoms with Gasteiger partial charge in [-0.05, 0) is 12.1 Å². The van der Waals surface area contributed by atoms with Crippen LogP contribution in [0.3, 0.4) is 0 Å². The van der Waals surface area contributed by atoms with E-state index in [1.165, 1.54) is 7.11 Å². The van der Waals surface area contributed by atoms with E-state index in [9.17, 15) is 15.3 Å². The quantitative estimate of drug-likeness (QED) is 0.654. The standard InChI is InChI=1S/C14H18O7S/c1-18-13-12(17)11(16)10(15)9(21-13)7-19-14(22)20-8-5-3-2-4-6-8/h2-6,9-13,15-17H,7H2,1H3/t9-,10-,11+,12-,13-/m1/s1. The zero-order chi connectivity index (χ0) is 16.1. The van der Waals surface area contributed by atoms with E-state index in [2.05, 4.69) is 0 Å². The maximum atomic E-state index is 9.87. The minimum atomic E-state index is -1.41. The van der Waals surface area contributed by atoms with Crippen molar-refractivity contribution < 1.29 is 34.3 Å². The molecule has 0 bridgehead atoms. The van der Waals surface area contributed by atoms with Gasteiger partial charge < -0.3 is 34.3 Å². The first kappa shape index (κ1) is 17.1. The molecular formula is C14H18O7S. The molecule has 122 valence electrons. The highest BCUT2D eigenvalue weighted by Gasteiger charge is 2.44. The molecule has 1 fully saturated rings. The molecule has 0 aliphatic carbocycles. The van der Waals surface area contributed by atoms with Crippen molar-refractivity contribution >= 4 is 17.5 Å². The third kappa shape index (κ3) is 4.13. The van der Waals surface area contributed by atoms with Gasteiger partial charge in [0, 0.05) is 19.3 Å². The van der Waals surface area contributed by atoms with Crippen LogP contribution in [-0.2, 0) is 14.2 Å². The molecule has 1 heterocycles. The maximum Gasteiger partial charge on any atom is 0.357 e. The second-order valence-corrected chi connectivity index (χ2v) is 5.06. The molecular weight excluding hydrogens is 312 g/mol. The van der Waals surface area contributed by atoms with Crippen LogP contribution in [0.2, 0.25) is 0 Å². The molecule has 22 heavy (non-hydrogen) atoms. The van der Waals surface area contributed by atoms with E-state index in [0.29, 0.717) is 5.75 Å². The summed E-state index contributed by atoms with van der Waals surface area (Å²) in [4.78, 5) is 0. The highest BCUT2D eigenvalue weighted by Crippen LogP contribution is 2.22. The molecule has 1 aromatic carbocycles. The van der Waals surface area contributed by atoms with E-state index in [4.69, 9.17) is 31.2 Å². The number of ether oxygens (including phenoxy) is 4. The Bertz CT molecular complexity index is 481. The Morgan fingerprint density at radius 3 is 2.45 bits per heavy atom. The third-order valence-corrected chi connectivity index (χ3v) is 3.41. The van der Waals surface area contributed by atoms with Crippen LogP contribution in [0, 0.1) is 0 Å². The minimum Gasteiger partial charge on any atom is -0.454 e. The van der Waals surface area contributed by atoms with Crippen molar-refractivity contribution in [2.45, 2.75) is 30.7 Å². The largest absolute Gasteiger partial charge is 0.454 e. The minimum absolute atomic E-state index is 0.142. The van der Waals surface area contributed by atoms with Crippen LogP contribution in [-0.4, -0.2) is 65.0 Å². The van der Waals surface area contributed by atoms with E-state index >= 15 is 0 Å². The molecule has 2 rings (SSSR count). The van der Waals surface area contributed by atoms with Crippen molar-refractivity contribution in [3.63, 3.8) is 0 Å². The Balaban J connectivity index is 1.86. The number of thiocarbonyl (C=S) groups is 1. The first-order chi connectivity index (χ1) is 10.5. The second kappa shape index (κ2) is 7.82. The van der Waals surface area contributed by atoms with Crippen molar-refractivity contribution in [3.8, 4) is 5.75 Å². The normalized spacial score (nSPS) is 31.5. The average molecular weight is 330 g/mol. The number of benzene rings is 1. The summed E-state index contributed by atoms with van der Waals surface area (Å²) in [6, 6.07) is 8.83. The van der Waals surface area contributed by atoms with Gasteiger partial charge in [0.2, 0.25) is 0 Å². The molecule has 0 radical (unpaired) electrons. The lowest BCUT2D eigenvalue weighted by Crippen LogP contribution is -2.59. The Morgan fingerprint density at radius 1 is 1.14 bits per heavy atom. The zero-order valence-corrected chi connectivity index (χ0v) is 12.7. The number of hydrogen-bond acceptors (Lipinski definition) is 8. The molecule has 0 amide bonds. The van der Waals surface area contributed by atoms with E-state index in [1.54, 1.807) is 24.3 Å². The predicted molar refractivity (Wildman–Crippen MR) is 79.3 cm³/mol. The van der Waals surface area contributed by atoms with Crippen molar-refractivity contribution in [2.75, 3.05) is 13.7 Å². The van der Waals surface area contributed by atoms with Gasteiger partial charge >= 0.3 is 5.24 Å². The van der Waals surface area contributed by atoms with Gasteiger partial charge in [-0.1, -0.05) is 18.2 Å². The van der Waals surface area contributed by atoms with Crippen molar-refractivity contribution in [1.82, 2.24) is 0 Å². The molecule has 5 atom stereocenters. The van der Waals surface area contributed by atoms with Crippen molar-refractivity contribution in [1.29, 1.82) is 0 Å². The molecule has 1 saturated heterocycles. The summed E-state index contributed by atoms with van der Waals surface area (Å²) in [5.74, 6) is 0.517. The Morgan fingerprint density at radius 2 is 1.82 bits per heavy atom. The Labute approximate surface area is 133 Å². The fraction of sp³-hybridized carbons (Fsp3) is 0.500. The predicted octanol–water partition coefficient (Wildman–Crippen LogP) is -0.179. The van der Waals surface area contributed by atoms with Crippen LogP contribution >= 0.6 is 12.2 Å². The van der Waals surface area contributed by atoms with E-state index in [0.717, 1.165) is 0 Å². The van der Waals surface area contributed by atoms with Gasteiger partial charge in [0.05, 0.1) is 0 Å². The maximum absolute atomic E-state index is 9.87. The van der Waals surface area contributed by atoms with E-state index in [-0.39, 0.29) is 11.8 Å². The summed E-state index contributed by atoms with van der Waals surface area (Å²) < 4.78 is 20.7. The van der Waals surface area contributed by atoms with E-state index < -0.39 is 30.7 Å². The molecule has 1 aromatic rings. The molecule has 0 unspecified atom stereocenters. The average Bonchev–Trinajstić information content (AvgIpc) is 2.53. The number of hydrogen-bond donors (Lipinski definition) is 3. The van der Waals surface area contributed by atoms with E-state index in [1.807, 2.05) is 6.07 Å². The first-order valence-corrected chi connectivity index (χ1v) is 7.06. The fourth-order valence-corrected chi connectivity index (χ4v) is 2.18. The molecule has 0 saturated carbocycles. The lowest BCUT2D eigenvalue weighted by Gasteiger charge is -2.39. The first-order valence-electron chi connectivity index (χ1n) is 6.65. The lowest BCUT2D eigenvalue weighted by atomic mass is 9.99. The Hall–Kier alpha value is -1.29. The van der Waals surface area contributed by atoms with Crippen LogP contribution in [0.1, 0.15) is 0 Å². The number of methoxy groups -OCH3 is 1.